The number of carbonyl (C=O) groups excluding carboxylic acids is 2. The molecule has 2 aliphatic rings. The van der Waals surface area contributed by atoms with Crippen LogP contribution in [-0.4, -0.2) is 43.2 Å². The van der Waals surface area contributed by atoms with Crippen LogP contribution in [0.3, 0.4) is 0 Å². The second kappa shape index (κ2) is 9.71. The van der Waals surface area contributed by atoms with Gasteiger partial charge in [0, 0.05) is 24.2 Å². The summed E-state index contributed by atoms with van der Waals surface area (Å²) in [5.74, 6) is -0.590. The van der Waals surface area contributed by atoms with Crippen LogP contribution in [0, 0.1) is 0 Å². The van der Waals surface area contributed by atoms with Gasteiger partial charge in [-0.3, -0.25) is 9.69 Å². The minimum Gasteiger partial charge on any atom is -0.359 e. The third-order valence-corrected chi connectivity index (χ3v) is 6.54. The molecule has 4 N–H and O–H groups in total. The maximum Gasteiger partial charge on any atom is 0.329 e. The molecule has 2 aromatic rings. The van der Waals surface area contributed by atoms with Gasteiger partial charge in [-0.1, -0.05) is 37.3 Å². The number of likely N-dealkylation sites (tertiary alicyclic amines) is 1. The van der Waals surface area contributed by atoms with Gasteiger partial charge in [0.2, 0.25) is 0 Å². The Labute approximate surface area is 189 Å². The lowest BCUT2D eigenvalue weighted by molar-refractivity contribution is -0.905. The van der Waals surface area contributed by atoms with Gasteiger partial charge in [0.05, 0.1) is 25.3 Å². The van der Waals surface area contributed by atoms with Crippen molar-refractivity contribution in [2.24, 2.45) is 0 Å². The van der Waals surface area contributed by atoms with Crippen molar-refractivity contribution in [3.05, 3.63) is 59.7 Å². The monoisotopic (exact) mass is 437 g/mol. The number of fused-ring (bicyclic) bond motifs is 1. The lowest BCUT2D eigenvalue weighted by Gasteiger charge is -2.42. The lowest BCUT2D eigenvalue weighted by atomic mass is 9.94. The molecule has 1 unspecified atom stereocenters. The van der Waals surface area contributed by atoms with Crippen molar-refractivity contribution in [3.63, 3.8) is 0 Å². The molecule has 3 amide bonds. The molecule has 2 heterocycles. The van der Waals surface area contributed by atoms with Crippen LogP contribution in [0.15, 0.2) is 48.5 Å². The van der Waals surface area contributed by atoms with Gasteiger partial charge < -0.3 is 20.6 Å². The minimum absolute atomic E-state index is 0.360. The third-order valence-electron chi connectivity index (χ3n) is 6.54. The van der Waals surface area contributed by atoms with Crippen molar-refractivity contribution in [1.29, 1.82) is 0 Å². The Morgan fingerprint density at radius 1 is 1.12 bits per heavy atom. The van der Waals surface area contributed by atoms with Crippen molar-refractivity contribution in [1.82, 2.24) is 5.32 Å². The van der Waals surface area contributed by atoms with Crippen LogP contribution in [0.25, 0.3) is 0 Å². The summed E-state index contributed by atoms with van der Waals surface area (Å²) in [6.07, 6.45) is 5.53. The van der Waals surface area contributed by atoms with Crippen LogP contribution in [0.1, 0.15) is 43.7 Å². The summed E-state index contributed by atoms with van der Waals surface area (Å²) in [5.41, 5.74) is 0.238. The number of rotatable bonds is 7. The molecule has 0 aliphatic carbocycles. The highest BCUT2D eigenvalue weighted by atomic mass is 16.3. The zero-order valence-electron chi connectivity index (χ0n) is 18.7. The molecule has 0 saturated carbocycles. The summed E-state index contributed by atoms with van der Waals surface area (Å²) >= 11 is 0. The first kappa shape index (κ1) is 22.3. The van der Waals surface area contributed by atoms with Gasteiger partial charge in [-0.05, 0) is 49.4 Å². The number of nitrogens with one attached hydrogen (secondary N) is 3. The molecule has 32 heavy (non-hydrogen) atoms. The Hall–Kier alpha value is -2.90. The van der Waals surface area contributed by atoms with Crippen LogP contribution in [0.5, 0.6) is 0 Å². The summed E-state index contributed by atoms with van der Waals surface area (Å²) in [5, 5.41) is 17.5. The number of piperidine rings is 1. The van der Waals surface area contributed by atoms with E-state index in [-0.39, 0.29) is 0 Å². The van der Waals surface area contributed by atoms with E-state index < -0.39 is 17.7 Å². The van der Waals surface area contributed by atoms with E-state index in [1.807, 2.05) is 19.1 Å². The quantitative estimate of drug-likeness (QED) is 0.500. The summed E-state index contributed by atoms with van der Waals surface area (Å²) in [6, 6.07) is 13.7. The molecule has 2 aromatic carbocycles. The highest BCUT2D eigenvalue weighted by Crippen LogP contribution is 2.39. The molecule has 0 spiro atoms. The normalized spacial score (nSPS) is 21.1. The van der Waals surface area contributed by atoms with Crippen LogP contribution >= 0.6 is 0 Å². The Morgan fingerprint density at radius 2 is 1.84 bits per heavy atom. The zero-order valence-corrected chi connectivity index (χ0v) is 18.7. The molecule has 0 radical (unpaired) electrons. The first-order valence-electron chi connectivity index (χ1n) is 11.7. The SMILES string of the molecule is CCc1ccc(N2C(=O)Nc3ccccc3C2(O)C(=O)NCCC[NH+]2CCCCC2)cc1. The highest BCUT2D eigenvalue weighted by Gasteiger charge is 2.51. The average Bonchev–Trinajstić information content (AvgIpc) is 2.82. The van der Waals surface area contributed by atoms with E-state index in [0.717, 1.165) is 29.8 Å². The number of anilines is 2. The lowest BCUT2D eigenvalue weighted by Crippen LogP contribution is -3.12. The Kier molecular flexibility index (Phi) is 6.77. The van der Waals surface area contributed by atoms with Crippen LogP contribution in [-0.2, 0) is 16.9 Å². The number of amides is 3. The number of hydrogen-bond acceptors (Lipinski definition) is 3. The molecule has 0 bridgehead atoms. The number of aryl methyl sites for hydroxylation is 1. The fourth-order valence-corrected chi connectivity index (χ4v) is 4.71. The van der Waals surface area contributed by atoms with Crippen molar-refractivity contribution in [2.75, 3.05) is 36.4 Å². The molecule has 0 aromatic heterocycles. The number of quaternary nitrogens is 1. The molecular weight excluding hydrogens is 404 g/mol. The molecule has 1 saturated heterocycles. The number of benzene rings is 2. The van der Waals surface area contributed by atoms with Gasteiger partial charge in [-0.25, -0.2) is 4.79 Å². The molecule has 7 nitrogen and oxygen atoms in total. The van der Waals surface area contributed by atoms with E-state index >= 15 is 0 Å². The number of carbonyl (C=O) groups is 2. The van der Waals surface area contributed by atoms with E-state index in [1.165, 1.54) is 32.4 Å². The zero-order chi connectivity index (χ0) is 22.6. The Morgan fingerprint density at radius 3 is 2.56 bits per heavy atom. The highest BCUT2D eigenvalue weighted by molar-refractivity contribution is 6.11. The van der Waals surface area contributed by atoms with Crippen LogP contribution in [0.2, 0.25) is 0 Å². The fraction of sp³-hybridized carbons (Fsp3) is 0.440. The number of aliphatic hydroxyl groups is 1. The van der Waals surface area contributed by atoms with Crippen molar-refractivity contribution in [2.45, 2.75) is 44.8 Å². The molecule has 170 valence electrons. The summed E-state index contributed by atoms with van der Waals surface area (Å²) < 4.78 is 0. The molecular formula is C25H33N4O3+. The Bertz CT molecular complexity index is 956. The van der Waals surface area contributed by atoms with Gasteiger partial charge in [0.25, 0.3) is 11.6 Å². The van der Waals surface area contributed by atoms with E-state index in [9.17, 15) is 14.7 Å². The van der Waals surface area contributed by atoms with Crippen LogP contribution < -0.4 is 20.4 Å². The third kappa shape index (κ3) is 4.36. The summed E-state index contributed by atoms with van der Waals surface area (Å²) in [6.45, 7) is 5.88. The topological polar surface area (TPSA) is 86.1 Å². The van der Waals surface area contributed by atoms with Gasteiger partial charge in [-0.2, -0.15) is 0 Å². The van der Waals surface area contributed by atoms with Gasteiger partial charge in [0.1, 0.15) is 0 Å². The van der Waals surface area contributed by atoms with Crippen LogP contribution in [0.4, 0.5) is 16.2 Å². The number of para-hydroxylation sites is 1. The first-order valence-corrected chi connectivity index (χ1v) is 11.7. The number of hydrogen-bond donors (Lipinski definition) is 4. The predicted octanol–water partition coefficient (Wildman–Crippen LogP) is 2.02. The number of urea groups is 1. The Balaban J connectivity index is 1.56. The standard InChI is InChI=1S/C25H32N4O3/c1-2-19-11-13-20(14-12-19)29-24(31)27-22-10-5-4-9-21(22)25(29,32)23(30)26-15-8-18-28-16-6-3-7-17-28/h4-5,9-14,32H,2-3,6-8,15-18H2,1H3,(H,26,30)(H,27,31)/p+1. The summed E-state index contributed by atoms with van der Waals surface area (Å²) in [7, 11) is 0. The average molecular weight is 438 g/mol. The molecule has 7 heteroatoms. The van der Waals surface area contributed by atoms with E-state index in [2.05, 4.69) is 10.6 Å². The second-order valence-corrected chi connectivity index (χ2v) is 8.67. The van der Waals surface area contributed by atoms with Crippen molar-refractivity contribution < 1.29 is 19.6 Å². The maximum atomic E-state index is 13.4. The fourth-order valence-electron chi connectivity index (χ4n) is 4.71. The molecule has 1 atom stereocenters. The van der Waals surface area contributed by atoms with E-state index in [4.69, 9.17) is 0 Å². The number of nitrogens with zero attached hydrogens (tertiary/aromatic N) is 1. The van der Waals surface area contributed by atoms with Gasteiger partial charge in [0.15, 0.2) is 0 Å². The maximum absolute atomic E-state index is 13.4. The van der Waals surface area contributed by atoms with E-state index in [0.29, 0.717) is 23.5 Å². The molecule has 4 rings (SSSR count). The molecule has 1 fully saturated rings. The van der Waals surface area contributed by atoms with Crippen molar-refractivity contribution in [3.8, 4) is 0 Å². The smallest absolute Gasteiger partial charge is 0.329 e. The van der Waals surface area contributed by atoms with E-state index in [1.54, 1.807) is 41.3 Å². The minimum atomic E-state index is -2.13. The molecule has 2 aliphatic heterocycles. The summed E-state index contributed by atoms with van der Waals surface area (Å²) in [4.78, 5) is 29.2. The second-order valence-electron chi connectivity index (χ2n) is 8.67. The van der Waals surface area contributed by atoms with Gasteiger partial charge in [-0.15, -0.1) is 0 Å². The van der Waals surface area contributed by atoms with Crippen molar-refractivity contribution >= 4 is 23.3 Å². The first-order chi connectivity index (χ1) is 15.5. The largest absolute Gasteiger partial charge is 0.359 e. The van der Waals surface area contributed by atoms with Gasteiger partial charge >= 0.3 is 6.03 Å². The predicted molar refractivity (Wildman–Crippen MR) is 125 cm³/mol.